The zero-order chi connectivity index (χ0) is 19.9. The van der Waals surface area contributed by atoms with Gasteiger partial charge in [0.05, 0.1) is 30.8 Å². The van der Waals surface area contributed by atoms with E-state index in [2.05, 4.69) is 10.2 Å². The molecular formula is C20H27N3O5. The van der Waals surface area contributed by atoms with Gasteiger partial charge in [0.2, 0.25) is 0 Å². The summed E-state index contributed by atoms with van der Waals surface area (Å²) in [5.74, 6) is 2.46. The van der Waals surface area contributed by atoms with Gasteiger partial charge in [-0.25, -0.2) is 0 Å². The van der Waals surface area contributed by atoms with Crippen molar-refractivity contribution in [2.45, 2.75) is 26.4 Å². The molecule has 2 heterocycles. The van der Waals surface area contributed by atoms with E-state index in [0.717, 1.165) is 30.2 Å². The first kappa shape index (κ1) is 20.3. The molecule has 0 saturated carbocycles. The van der Waals surface area contributed by atoms with Crippen molar-refractivity contribution < 1.29 is 18.8 Å². The maximum absolute atomic E-state index is 11.1. The lowest BCUT2D eigenvalue weighted by Gasteiger charge is -2.33. The number of nitro groups is 1. The fraction of sp³-hybridized carbons (Fsp3) is 0.500. The minimum absolute atomic E-state index is 0.0617. The van der Waals surface area contributed by atoms with Gasteiger partial charge in [-0.05, 0) is 32.0 Å². The topological polar surface area (TPSA) is 90.0 Å². The lowest BCUT2D eigenvalue weighted by atomic mass is 10.1. The highest BCUT2D eigenvalue weighted by Crippen LogP contribution is 2.26. The van der Waals surface area contributed by atoms with Crippen LogP contribution in [0, 0.1) is 17.0 Å². The van der Waals surface area contributed by atoms with E-state index >= 15 is 0 Å². The predicted octanol–water partition coefficient (Wildman–Crippen LogP) is 3.06. The standard InChI is InChI=1S/C20H27N3O5/c1-3-27-19-7-5-17(23(24)25)12-16(19)13-21-14-18(20-6-4-15(2)28-20)22-8-10-26-11-9-22/h4-7,12,18,21H,3,8-11,13-14H2,1-2H3. The van der Waals surface area contributed by atoms with Gasteiger partial charge in [0, 0.05) is 43.9 Å². The van der Waals surface area contributed by atoms with Gasteiger partial charge in [-0.2, -0.15) is 0 Å². The highest BCUT2D eigenvalue weighted by molar-refractivity contribution is 5.43. The molecule has 1 aromatic carbocycles. The Bertz CT molecular complexity index is 786. The van der Waals surface area contributed by atoms with Crippen molar-refractivity contribution in [2.24, 2.45) is 0 Å². The van der Waals surface area contributed by atoms with E-state index in [1.807, 2.05) is 26.0 Å². The summed E-state index contributed by atoms with van der Waals surface area (Å²) in [5.41, 5.74) is 0.832. The quantitative estimate of drug-likeness (QED) is 0.521. The SMILES string of the molecule is CCOc1ccc([N+](=O)[O-])cc1CNCC(c1ccc(C)o1)N1CCOCC1. The van der Waals surface area contributed by atoms with E-state index in [0.29, 0.717) is 38.7 Å². The van der Waals surface area contributed by atoms with Crippen molar-refractivity contribution >= 4 is 5.69 Å². The van der Waals surface area contributed by atoms with E-state index < -0.39 is 0 Å². The van der Waals surface area contributed by atoms with Crippen LogP contribution in [0.15, 0.2) is 34.7 Å². The van der Waals surface area contributed by atoms with Gasteiger partial charge in [-0.1, -0.05) is 0 Å². The van der Waals surface area contributed by atoms with Crippen LogP contribution in [-0.4, -0.2) is 49.3 Å². The third kappa shape index (κ3) is 5.09. The first-order valence-corrected chi connectivity index (χ1v) is 9.57. The number of benzene rings is 1. The van der Waals surface area contributed by atoms with E-state index in [9.17, 15) is 10.1 Å². The summed E-state index contributed by atoms with van der Waals surface area (Å²) in [6.45, 7) is 8.55. The van der Waals surface area contributed by atoms with Gasteiger partial charge in [0.15, 0.2) is 0 Å². The Kier molecular flexibility index (Phi) is 7.02. The average Bonchev–Trinajstić information content (AvgIpc) is 3.13. The van der Waals surface area contributed by atoms with Crippen LogP contribution in [0.2, 0.25) is 0 Å². The number of nitrogens with one attached hydrogen (secondary N) is 1. The van der Waals surface area contributed by atoms with Crippen LogP contribution in [0.25, 0.3) is 0 Å². The fourth-order valence-electron chi connectivity index (χ4n) is 3.39. The maximum atomic E-state index is 11.1. The highest BCUT2D eigenvalue weighted by Gasteiger charge is 2.25. The molecule has 3 rings (SSSR count). The van der Waals surface area contributed by atoms with Crippen molar-refractivity contribution in [1.29, 1.82) is 0 Å². The molecule has 1 unspecified atom stereocenters. The second-order valence-corrected chi connectivity index (χ2v) is 6.73. The van der Waals surface area contributed by atoms with E-state index in [1.54, 1.807) is 12.1 Å². The number of non-ortho nitro benzene ring substituents is 1. The summed E-state index contributed by atoms with van der Waals surface area (Å²) >= 11 is 0. The summed E-state index contributed by atoms with van der Waals surface area (Å²) in [4.78, 5) is 13.1. The predicted molar refractivity (Wildman–Crippen MR) is 105 cm³/mol. The molecule has 0 aliphatic carbocycles. The number of rotatable bonds is 9. The van der Waals surface area contributed by atoms with Gasteiger partial charge in [-0.3, -0.25) is 15.0 Å². The third-order valence-corrected chi connectivity index (χ3v) is 4.78. The summed E-state index contributed by atoms with van der Waals surface area (Å²) in [7, 11) is 0. The molecule has 8 heteroatoms. The zero-order valence-corrected chi connectivity index (χ0v) is 16.3. The molecule has 1 aromatic heterocycles. The van der Waals surface area contributed by atoms with Crippen molar-refractivity contribution in [3.63, 3.8) is 0 Å². The smallest absolute Gasteiger partial charge is 0.270 e. The van der Waals surface area contributed by atoms with Gasteiger partial charge >= 0.3 is 0 Å². The Hall–Kier alpha value is -2.42. The van der Waals surface area contributed by atoms with Gasteiger partial charge in [0.25, 0.3) is 5.69 Å². The fourth-order valence-corrected chi connectivity index (χ4v) is 3.39. The Morgan fingerprint density at radius 3 is 2.71 bits per heavy atom. The third-order valence-electron chi connectivity index (χ3n) is 4.78. The molecule has 2 aromatic rings. The van der Waals surface area contributed by atoms with Gasteiger partial charge in [-0.15, -0.1) is 0 Å². The number of ether oxygens (including phenoxy) is 2. The van der Waals surface area contributed by atoms with Crippen LogP contribution < -0.4 is 10.1 Å². The molecule has 8 nitrogen and oxygen atoms in total. The molecule has 0 radical (unpaired) electrons. The molecule has 0 amide bonds. The number of aryl methyl sites for hydroxylation is 1. The van der Waals surface area contributed by atoms with Crippen molar-refractivity contribution in [3.05, 3.63) is 57.5 Å². The Morgan fingerprint density at radius 2 is 2.07 bits per heavy atom. The zero-order valence-electron chi connectivity index (χ0n) is 16.3. The summed E-state index contributed by atoms with van der Waals surface area (Å²) in [6, 6.07) is 8.75. The van der Waals surface area contributed by atoms with Crippen LogP contribution in [0.3, 0.4) is 0 Å². The van der Waals surface area contributed by atoms with Crippen LogP contribution in [0.5, 0.6) is 5.75 Å². The van der Waals surface area contributed by atoms with E-state index in [1.165, 1.54) is 6.07 Å². The molecule has 1 aliphatic heterocycles. The van der Waals surface area contributed by atoms with Crippen LogP contribution in [-0.2, 0) is 11.3 Å². The number of furan rings is 1. The normalized spacial score (nSPS) is 16.1. The lowest BCUT2D eigenvalue weighted by Crippen LogP contribution is -2.42. The molecule has 0 bridgehead atoms. The molecule has 1 atom stereocenters. The highest BCUT2D eigenvalue weighted by atomic mass is 16.6. The number of hydrogen-bond acceptors (Lipinski definition) is 7. The monoisotopic (exact) mass is 389 g/mol. The number of nitro benzene ring substituents is 1. The van der Waals surface area contributed by atoms with Crippen LogP contribution in [0.4, 0.5) is 5.69 Å². The molecule has 1 N–H and O–H groups in total. The van der Waals surface area contributed by atoms with Crippen molar-refractivity contribution in [2.75, 3.05) is 39.5 Å². The first-order valence-electron chi connectivity index (χ1n) is 9.57. The van der Waals surface area contributed by atoms with Gasteiger partial charge in [0.1, 0.15) is 17.3 Å². The maximum Gasteiger partial charge on any atom is 0.270 e. The van der Waals surface area contributed by atoms with Crippen LogP contribution >= 0.6 is 0 Å². The Balaban J connectivity index is 1.71. The van der Waals surface area contributed by atoms with Crippen LogP contribution in [0.1, 0.15) is 30.0 Å². The molecule has 0 spiro atoms. The molecule has 152 valence electrons. The summed E-state index contributed by atoms with van der Waals surface area (Å²) in [5, 5.41) is 14.5. The average molecular weight is 389 g/mol. The minimum atomic E-state index is -0.388. The molecule has 28 heavy (non-hydrogen) atoms. The molecule has 1 aliphatic rings. The summed E-state index contributed by atoms with van der Waals surface area (Å²) in [6.07, 6.45) is 0. The van der Waals surface area contributed by atoms with Crippen molar-refractivity contribution in [1.82, 2.24) is 10.2 Å². The lowest BCUT2D eigenvalue weighted by molar-refractivity contribution is -0.384. The van der Waals surface area contributed by atoms with E-state index in [4.69, 9.17) is 13.9 Å². The van der Waals surface area contributed by atoms with E-state index in [-0.39, 0.29) is 16.7 Å². The number of nitrogens with zero attached hydrogens (tertiary/aromatic N) is 2. The largest absolute Gasteiger partial charge is 0.494 e. The second-order valence-electron chi connectivity index (χ2n) is 6.73. The minimum Gasteiger partial charge on any atom is -0.494 e. The van der Waals surface area contributed by atoms with Gasteiger partial charge < -0.3 is 19.2 Å². The summed E-state index contributed by atoms with van der Waals surface area (Å²) < 4.78 is 17.0. The molecular weight excluding hydrogens is 362 g/mol. The first-order chi connectivity index (χ1) is 13.6. The Morgan fingerprint density at radius 1 is 1.29 bits per heavy atom. The molecule has 1 saturated heterocycles. The Labute approximate surface area is 164 Å². The molecule has 1 fully saturated rings. The second kappa shape index (κ2) is 9.68. The van der Waals surface area contributed by atoms with Crippen molar-refractivity contribution in [3.8, 4) is 5.75 Å². The number of morpholine rings is 1. The number of hydrogen-bond donors (Lipinski definition) is 1.